The van der Waals surface area contributed by atoms with Gasteiger partial charge in [-0.05, 0) is 12.8 Å². The molecule has 0 amide bonds. The van der Waals surface area contributed by atoms with Crippen LogP contribution in [0.2, 0.25) is 0 Å². The molecule has 0 saturated carbocycles. The number of unbranched alkanes of at least 4 members (excludes halogenated alkanes) is 1. The van der Waals surface area contributed by atoms with Crippen molar-refractivity contribution in [2.75, 3.05) is 39.6 Å². The zero-order valence-electron chi connectivity index (χ0n) is 13.8. The van der Waals surface area contributed by atoms with Gasteiger partial charge in [0, 0.05) is 12.1 Å². The van der Waals surface area contributed by atoms with Crippen molar-refractivity contribution in [2.45, 2.75) is 37.8 Å². The Bertz CT molecular complexity index is 267. The third-order valence-electron chi connectivity index (χ3n) is 4.92. The van der Waals surface area contributed by atoms with E-state index < -0.39 is 62.6 Å². The number of nitrogens with one attached hydrogen (secondary N) is 2. The predicted molar refractivity (Wildman–Crippen MR) is 83.3 cm³/mol. The Hall–Kier alpha value is -0.400. The van der Waals surface area contributed by atoms with Crippen LogP contribution < -0.4 is 11.0 Å². The van der Waals surface area contributed by atoms with Crippen molar-refractivity contribution < 1.29 is 41.1 Å². The first kappa shape index (κ1) is 23.6. The Morgan fingerprint density at radius 2 is 0.792 bits per heavy atom. The third kappa shape index (κ3) is 5.56. The first-order chi connectivity index (χ1) is 11.5. The minimum absolute atomic E-state index is 0.320. The van der Waals surface area contributed by atoms with Crippen LogP contribution in [0.5, 0.6) is 0 Å². The molecule has 2 unspecified atom stereocenters. The summed E-state index contributed by atoms with van der Waals surface area (Å²) in [4.78, 5) is 0. The molecule has 0 aliphatic carbocycles. The Kier molecular flexibility index (Phi) is 11.8. The maximum absolute atomic E-state index is 9.37. The van der Waals surface area contributed by atoms with Crippen LogP contribution in [0.3, 0.4) is 0 Å². The van der Waals surface area contributed by atoms with Crippen LogP contribution in [0.1, 0.15) is 25.7 Å². The van der Waals surface area contributed by atoms with Gasteiger partial charge in [0.15, 0.2) is 0 Å². The SMILES string of the molecule is OCC(CO)(CO)C(CCCCC(NO)C(CO)(CO)CO)NO. The van der Waals surface area contributed by atoms with Gasteiger partial charge >= 0.3 is 0 Å². The smallest absolute Gasteiger partial charge is 0.0572 e. The first-order valence-electron chi connectivity index (χ1n) is 7.94. The van der Waals surface area contributed by atoms with E-state index in [-0.39, 0.29) is 0 Å². The Morgan fingerprint density at radius 1 is 0.542 bits per heavy atom. The highest BCUT2D eigenvalue weighted by molar-refractivity contribution is 4.90. The fraction of sp³-hybridized carbons (Fsp3) is 1.00. The summed E-state index contributed by atoms with van der Waals surface area (Å²) in [5.74, 6) is 0. The van der Waals surface area contributed by atoms with Crippen LogP contribution in [0.15, 0.2) is 0 Å². The summed E-state index contributed by atoms with van der Waals surface area (Å²) in [7, 11) is 0. The van der Waals surface area contributed by atoms with Gasteiger partial charge in [0.2, 0.25) is 0 Å². The Labute approximate surface area is 141 Å². The fourth-order valence-electron chi connectivity index (χ4n) is 2.67. The molecule has 0 rings (SSSR count). The molecule has 0 saturated heterocycles. The lowest BCUT2D eigenvalue weighted by molar-refractivity contribution is -0.0638. The van der Waals surface area contributed by atoms with Gasteiger partial charge in [-0.2, -0.15) is 0 Å². The molecule has 0 aromatic carbocycles. The van der Waals surface area contributed by atoms with Gasteiger partial charge in [-0.3, -0.25) is 0 Å². The highest BCUT2D eigenvalue weighted by Gasteiger charge is 2.39. The summed E-state index contributed by atoms with van der Waals surface area (Å²) in [6, 6.07) is -1.48. The van der Waals surface area contributed by atoms with E-state index in [0.29, 0.717) is 25.7 Å². The van der Waals surface area contributed by atoms with Crippen molar-refractivity contribution in [3.05, 3.63) is 0 Å². The monoisotopic (exact) mass is 356 g/mol. The molecule has 10 heteroatoms. The second kappa shape index (κ2) is 12.0. The topological polar surface area (TPSA) is 186 Å². The molecule has 10 N–H and O–H groups in total. The lowest BCUT2D eigenvalue weighted by atomic mass is 9.78. The number of rotatable bonds is 15. The van der Waals surface area contributed by atoms with Crippen molar-refractivity contribution in [3.63, 3.8) is 0 Å². The van der Waals surface area contributed by atoms with E-state index in [4.69, 9.17) is 0 Å². The minimum atomic E-state index is -1.27. The molecule has 0 aliphatic heterocycles. The zero-order valence-corrected chi connectivity index (χ0v) is 13.8. The molecule has 24 heavy (non-hydrogen) atoms. The minimum Gasteiger partial charge on any atom is -0.396 e. The second-order valence-electron chi connectivity index (χ2n) is 6.32. The molecular weight excluding hydrogens is 324 g/mol. The molecule has 146 valence electrons. The number of hydrogen-bond acceptors (Lipinski definition) is 10. The fourth-order valence-corrected chi connectivity index (χ4v) is 2.67. The van der Waals surface area contributed by atoms with Crippen LogP contribution in [-0.2, 0) is 0 Å². The highest BCUT2D eigenvalue weighted by Crippen LogP contribution is 2.27. The van der Waals surface area contributed by atoms with E-state index >= 15 is 0 Å². The summed E-state index contributed by atoms with van der Waals surface area (Å²) in [5.41, 5.74) is 1.45. The quantitative estimate of drug-likeness (QED) is 0.108. The first-order valence-corrected chi connectivity index (χ1v) is 7.94. The van der Waals surface area contributed by atoms with E-state index in [1.54, 1.807) is 0 Å². The molecule has 0 spiro atoms. The summed E-state index contributed by atoms with van der Waals surface area (Å²) >= 11 is 0. The maximum Gasteiger partial charge on any atom is 0.0572 e. The van der Waals surface area contributed by atoms with Crippen LogP contribution in [0.25, 0.3) is 0 Å². The van der Waals surface area contributed by atoms with E-state index in [2.05, 4.69) is 0 Å². The largest absolute Gasteiger partial charge is 0.396 e. The Balaban J connectivity index is 4.63. The molecule has 0 aliphatic rings. The van der Waals surface area contributed by atoms with Crippen LogP contribution >= 0.6 is 0 Å². The average Bonchev–Trinajstić information content (AvgIpc) is 2.64. The van der Waals surface area contributed by atoms with Gasteiger partial charge in [0.25, 0.3) is 0 Å². The van der Waals surface area contributed by atoms with E-state index in [9.17, 15) is 41.1 Å². The summed E-state index contributed by atoms with van der Waals surface area (Å²) < 4.78 is 0. The van der Waals surface area contributed by atoms with E-state index in [0.717, 1.165) is 0 Å². The molecule has 0 aromatic rings. The predicted octanol–water partition coefficient (Wildman–Crippen LogP) is -2.83. The third-order valence-corrected chi connectivity index (χ3v) is 4.92. The number of aliphatic hydroxyl groups excluding tert-OH is 6. The van der Waals surface area contributed by atoms with E-state index in [1.165, 1.54) is 0 Å². The average molecular weight is 356 g/mol. The normalized spacial score (nSPS) is 15.5. The van der Waals surface area contributed by atoms with Crippen LogP contribution in [-0.4, -0.2) is 92.8 Å². The second-order valence-corrected chi connectivity index (χ2v) is 6.32. The molecule has 2 atom stereocenters. The molecule has 0 aromatic heterocycles. The van der Waals surface area contributed by atoms with Gasteiger partial charge in [-0.15, -0.1) is 0 Å². The lowest BCUT2D eigenvalue weighted by Crippen LogP contribution is -2.52. The van der Waals surface area contributed by atoms with Crippen LogP contribution in [0.4, 0.5) is 0 Å². The van der Waals surface area contributed by atoms with Crippen molar-refractivity contribution in [1.29, 1.82) is 0 Å². The molecular formula is C14H32N2O8. The van der Waals surface area contributed by atoms with Crippen molar-refractivity contribution in [3.8, 4) is 0 Å². The molecule has 0 heterocycles. The highest BCUT2D eigenvalue weighted by atomic mass is 16.5. The van der Waals surface area contributed by atoms with Crippen molar-refractivity contribution in [1.82, 2.24) is 11.0 Å². The van der Waals surface area contributed by atoms with Gasteiger partial charge < -0.3 is 41.1 Å². The number of aliphatic hydroxyl groups is 6. The van der Waals surface area contributed by atoms with Gasteiger partial charge in [0.1, 0.15) is 0 Å². The maximum atomic E-state index is 9.37. The van der Waals surface area contributed by atoms with Gasteiger partial charge in [-0.25, -0.2) is 11.0 Å². The van der Waals surface area contributed by atoms with Gasteiger partial charge in [0.05, 0.1) is 50.5 Å². The lowest BCUT2D eigenvalue weighted by Gasteiger charge is -2.36. The molecule has 0 radical (unpaired) electrons. The van der Waals surface area contributed by atoms with Crippen LogP contribution in [0, 0.1) is 10.8 Å². The van der Waals surface area contributed by atoms with Crippen molar-refractivity contribution in [2.24, 2.45) is 10.8 Å². The summed E-state index contributed by atoms with van der Waals surface area (Å²) in [6.45, 7) is -3.07. The van der Waals surface area contributed by atoms with E-state index in [1.807, 2.05) is 11.0 Å². The molecule has 0 bridgehead atoms. The molecule has 10 nitrogen and oxygen atoms in total. The standard InChI is InChI=1S/C14H32N2O8/c17-5-13(6-18,7-19)11(15-23)3-1-2-4-12(16-24)14(8-20,9-21)10-22/h11-12,15-24H,1-10H2. The number of hydroxylamine groups is 2. The zero-order chi connectivity index (χ0) is 18.6. The van der Waals surface area contributed by atoms with Gasteiger partial charge in [-0.1, -0.05) is 12.8 Å². The number of hydrogen-bond donors (Lipinski definition) is 10. The summed E-state index contributed by atoms with van der Waals surface area (Å²) in [6.07, 6.45) is 1.63. The Morgan fingerprint density at radius 3 is 0.958 bits per heavy atom. The molecule has 0 fully saturated rings. The van der Waals surface area contributed by atoms with Crippen molar-refractivity contribution >= 4 is 0 Å². The summed E-state index contributed by atoms with van der Waals surface area (Å²) in [5, 5.41) is 74.6.